The zero-order valence-corrected chi connectivity index (χ0v) is 12.0. The molecule has 0 spiro atoms. The van der Waals surface area contributed by atoms with Gasteiger partial charge in [-0.05, 0) is 36.8 Å². The number of carbonyl (C=O) groups is 1. The van der Waals surface area contributed by atoms with E-state index in [0.29, 0.717) is 17.9 Å². The molecule has 0 fully saturated rings. The van der Waals surface area contributed by atoms with Crippen molar-refractivity contribution in [3.05, 3.63) is 53.1 Å². The van der Waals surface area contributed by atoms with Crippen LogP contribution in [0.1, 0.15) is 21.5 Å². The first-order chi connectivity index (χ1) is 10.0. The second kappa shape index (κ2) is 6.17. The number of phenols is 1. The van der Waals surface area contributed by atoms with E-state index in [2.05, 4.69) is 5.32 Å². The maximum Gasteiger partial charge on any atom is 0.248 e. The topological polar surface area (TPSA) is 84.6 Å². The van der Waals surface area contributed by atoms with Gasteiger partial charge in [0, 0.05) is 23.4 Å². The minimum absolute atomic E-state index is 0.124. The number of methoxy groups -OCH3 is 1. The second-order valence-corrected chi connectivity index (χ2v) is 4.72. The summed E-state index contributed by atoms with van der Waals surface area (Å²) in [7, 11) is 1.51. The number of phenolic OH excluding ortho intramolecular Hbond substituents is 1. The highest BCUT2D eigenvalue weighted by Crippen LogP contribution is 2.30. The van der Waals surface area contributed by atoms with Gasteiger partial charge in [-0.25, -0.2) is 0 Å². The molecule has 0 heterocycles. The van der Waals surface area contributed by atoms with E-state index in [4.69, 9.17) is 10.5 Å². The number of benzene rings is 2. The Hall–Kier alpha value is -2.69. The van der Waals surface area contributed by atoms with Gasteiger partial charge in [0.05, 0.1) is 7.11 Å². The van der Waals surface area contributed by atoms with Crippen LogP contribution in [0.15, 0.2) is 36.4 Å². The van der Waals surface area contributed by atoms with Crippen LogP contribution in [0.3, 0.4) is 0 Å². The Morgan fingerprint density at radius 1 is 1.33 bits per heavy atom. The zero-order valence-electron chi connectivity index (χ0n) is 12.0. The fourth-order valence-electron chi connectivity index (χ4n) is 2.08. The number of nitrogens with two attached hydrogens (primary N) is 1. The molecule has 0 aliphatic carbocycles. The van der Waals surface area contributed by atoms with E-state index >= 15 is 0 Å². The Balaban J connectivity index is 2.15. The van der Waals surface area contributed by atoms with Crippen molar-refractivity contribution in [1.29, 1.82) is 0 Å². The molecule has 21 heavy (non-hydrogen) atoms. The lowest BCUT2D eigenvalue weighted by Crippen LogP contribution is -2.11. The third-order valence-corrected chi connectivity index (χ3v) is 3.28. The van der Waals surface area contributed by atoms with E-state index in [0.717, 1.165) is 16.8 Å². The number of primary amides is 1. The molecule has 0 radical (unpaired) electrons. The van der Waals surface area contributed by atoms with Gasteiger partial charge in [-0.2, -0.15) is 0 Å². The summed E-state index contributed by atoms with van der Waals surface area (Å²) in [6.45, 7) is 2.33. The highest BCUT2D eigenvalue weighted by atomic mass is 16.5. The summed E-state index contributed by atoms with van der Waals surface area (Å²) in [5, 5.41) is 13.2. The lowest BCUT2D eigenvalue weighted by Gasteiger charge is -2.13. The van der Waals surface area contributed by atoms with Gasteiger partial charge in [0.2, 0.25) is 5.91 Å². The minimum Gasteiger partial charge on any atom is -0.504 e. The van der Waals surface area contributed by atoms with Crippen molar-refractivity contribution in [2.75, 3.05) is 12.4 Å². The Morgan fingerprint density at radius 2 is 2.10 bits per heavy atom. The third kappa shape index (κ3) is 3.25. The number of aryl methyl sites for hydroxylation is 1. The van der Waals surface area contributed by atoms with Crippen molar-refractivity contribution in [1.82, 2.24) is 0 Å². The Bertz CT molecular complexity index is 669. The van der Waals surface area contributed by atoms with E-state index in [-0.39, 0.29) is 5.75 Å². The second-order valence-electron chi connectivity index (χ2n) is 4.72. The van der Waals surface area contributed by atoms with Gasteiger partial charge < -0.3 is 20.9 Å². The van der Waals surface area contributed by atoms with Crippen LogP contribution in [0, 0.1) is 6.92 Å². The van der Waals surface area contributed by atoms with Gasteiger partial charge in [-0.1, -0.05) is 12.1 Å². The van der Waals surface area contributed by atoms with Gasteiger partial charge in [0.15, 0.2) is 11.5 Å². The van der Waals surface area contributed by atoms with Crippen LogP contribution in [-0.4, -0.2) is 18.1 Å². The van der Waals surface area contributed by atoms with Crippen molar-refractivity contribution in [3.8, 4) is 11.5 Å². The number of hydrogen-bond acceptors (Lipinski definition) is 4. The molecular formula is C16H18N2O3. The summed E-state index contributed by atoms with van der Waals surface area (Å²) in [5.74, 6) is 0.115. The van der Waals surface area contributed by atoms with E-state index in [1.807, 2.05) is 19.1 Å². The summed E-state index contributed by atoms with van der Waals surface area (Å²) >= 11 is 0. The average molecular weight is 286 g/mol. The maximum absolute atomic E-state index is 11.1. The Morgan fingerprint density at radius 3 is 2.71 bits per heavy atom. The predicted molar refractivity (Wildman–Crippen MR) is 81.7 cm³/mol. The number of carbonyl (C=O) groups excluding carboxylic acids is 1. The molecule has 0 aliphatic heterocycles. The molecule has 0 aliphatic rings. The van der Waals surface area contributed by atoms with Crippen LogP contribution in [-0.2, 0) is 6.54 Å². The van der Waals surface area contributed by atoms with Crippen LogP contribution in [0.2, 0.25) is 0 Å². The first-order valence-electron chi connectivity index (χ1n) is 6.52. The highest BCUT2D eigenvalue weighted by Gasteiger charge is 2.08. The van der Waals surface area contributed by atoms with E-state index in [9.17, 15) is 9.90 Å². The van der Waals surface area contributed by atoms with Crippen LogP contribution in [0.25, 0.3) is 0 Å². The monoisotopic (exact) mass is 286 g/mol. The van der Waals surface area contributed by atoms with E-state index in [1.165, 1.54) is 7.11 Å². The number of nitrogens with one attached hydrogen (secondary N) is 1. The lowest BCUT2D eigenvalue weighted by molar-refractivity contribution is 0.1000. The third-order valence-electron chi connectivity index (χ3n) is 3.28. The molecular weight excluding hydrogens is 268 g/mol. The van der Waals surface area contributed by atoms with E-state index in [1.54, 1.807) is 24.3 Å². The van der Waals surface area contributed by atoms with Crippen molar-refractivity contribution < 1.29 is 14.6 Å². The molecule has 0 atom stereocenters. The molecule has 0 saturated heterocycles. The molecule has 5 heteroatoms. The van der Waals surface area contributed by atoms with E-state index < -0.39 is 5.91 Å². The fourth-order valence-corrected chi connectivity index (χ4v) is 2.08. The van der Waals surface area contributed by atoms with Crippen molar-refractivity contribution in [2.45, 2.75) is 13.5 Å². The van der Waals surface area contributed by atoms with Crippen molar-refractivity contribution in [3.63, 3.8) is 0 Å². The number of aromatic hydroxyl groups is 1. The molecule has 2 aromatic carbocycles. The Kier molecular flexibility index (Phi) is 4.33. The SMILES string of the molecule is COc1cccc(CNc2ccc(C(N)=O)cc2C)c1O. The number of ether oxygens (including phenoxy) is 1. The molecule has 5 nitrogen and oxygen atoms in total. The van der Waals surface area contributed by atoms with Crippen LogP contribution < -0.4 is 15.8 Å². The molecule has 110 valence electrons. The Labute approximate surface area is 123 Å². The molecule has 0 aromatic heterocycles. The van der Waals surface area contributed by atoms with Gasteiger partial charge in [0.25, 0.3) is 0 Å². The van der Waals surface area contributed by atoms with Gasteiger partial charge >= 0.3 is 0 Å². The number of rotatable bonds is 5. The minimum atomic E-state index is -0.449. The highest BCUT2D eigenvalue weighted by molar-refractivity contribution is 5.93. The molecule has 0 unspecified atom stereocenters. The first kappa shape index (κ1) is 14.7. The largest absolute Gasteiger partial charge is 0.504 e. The predicted octanol–water partition coefficient (Wildman–Crippen LogP) is 2.42. The molecule has 1 amide bonds. The van der Waals surface area contributed by atoms with Crippen LogP contribution >= 0.6 is 0 Å². The summed E-state index contributed by atoms with van der Waals surface area (Å²) in [6, 6.07) is 10.5. The lowest BCUT2D eigenvalue weighted by atomic mass is 10.1. The number of hydrogen-bond donors (Lipinski definition) is 3. The molecule has 2 rings (SSSR count). The maximum atomic E-state index is 11.1. The van der Waals surface area contributed by atoms with Gasteiger partial charge in [-0.3, -0.25) is 4.79 Å². The average Bonchev–Trinajstić information content (AvgIpc) is 2.47. The number of amides is 1. The first-order valence-corrected chi connectivity index (χ1v) is 6.52. The van der Waals surface area contributed by atoms with Crippen LogP contribution in [0.5, 0.6) is 11.5 Å². The van der Waals surface area contributed by atoms with Crippen molar-refractivity contribution in [2.24, 2.45) is 5.73 Å². The number of para-hydroxylation sites is 1. The standard InChI is InChI=1S/C16H18N2O3/c1-10-8-11(16(17)20)6-7-13(10)18-9-12-4-3-5-14(21-2)15(12)19/h3-8,18-19H,9H2,1-2H3,(H2,17,20). The zero-order chi connectivity index (χ0) is 15.4. The smallest absolute Gasteiger partial charge is 0.248 e. The normalized spacial score (nSPS) is 10.2. The summed E-state index contributed by atoms with van der Waals surface area (Å²) in [6.07, 6.45) is 0. The molecule has 2 aromatic rings. The summed E-state index contributed by atoms with van der Waals surface area (Å²) < 4.78 is 5.07. The fraction of sp³-hybridized carbons (Fsp3) is 0.188. The summed E-state index contributed by atoms with van der Waals surface area (Å²) in [4.78, 5) is 11.1. The van der Waals surface area contributed by atoms with Crippen LogP contribution in [0.4, 0.5) is 5.69 Å². The molecule has 0 bridgehead atoms. The van der Waals surface area contributed by atoms with Gasteiger partial charge in [-0.15, -0.1) is 0 Å². The molecule has 0 saturated carbocycles. The quantitative estimate of drug-likeness (QED) is 0.788. The number of anilines is 1. The van der Waals surface area contributed by atoms with Gasteiger partial charge in [0.1, 0.15) is 0 Å². The van der Waals surface area contributed by atoms with Crippen molar-refractivity contribution >= 4 is 11.6 Å². The summed E-state index contributed by atoms with van der Waals surface area (Å²) in [5.41, 5.74) is 8.23. The molecule has 4 N–H and O–H groups in total.